The molecule has 2 fully saturated rings. The topological polar surface area (TPSA) is 71.6 Å². The number of ether oxygens (including phenoxy) is 3. The summed E-state index contributed by atoms with van der Waals surface area (Å²) in [7, 11) is 1.66. The number of hydrogen-bond acceptors (Lipinski definition) is 6. The molecule has 5 rings (SSSR count). The lowest BCUT2D eigenvalue weighted by atomic mass is 10.1. The predicted octanol–water partition coefficient (Wildman–Crippen LogP) is 2.52. The van der Waals surface area contributed by atoms with Gasteiger partial charge in [0.1, 0.15) is 5.75 Å². The Hall–Kier alpha value is -3.42. The van der Waals surface area contributed by atoms with E-state index in [0.717, 1.165) is 36.6 Å². The summed E-state index contributed by atoms with van der Waals surface area (Å²) in [6.45, 7) is 3.61. The molecule has 3 aliphatic rings. The second-order valence-electron chi connectivity index (χ2n) is 8.31. The zero-order chi connectivity index (χ0) is 22.1. The fourth-order valence-electron chi connectivity index (χ4n) is 4.62. The number of carbonyl (C=O) groups excluding carboxylic acids is 2. The summed E-state index contributed by atoms with van der Waals surface area (Å²) in [6, 6.07) is 13.5. The number of carbonyl (C=O) groups is 2. The highest BCUT2D eigenvalue weighted by Crippen LogP contribution is 2.37. The smallest absolute Gasteiger partial charge is 0.231 e. The lowest BCUT2D eigenvalue weighted by Gasteiger charge is -2.25. The van der Waals surface area contributed by atoms with E-state index >= 15 is 0 Å². The summed E-state index contributed by atoms with van der Waals surface area (Å²) in [5.41, 5.74) is 1.88. The number of nitrogens with zero attached hydrogens (tertiary/aromatic N) is 3. The SMILES string of the molecule is COc1ccc(N2CCCN(C(=O)C3CC(=O)N(c4ccc5c(c4)OCO5)C3)CC2)cc1. The van der Waals surface area contributed by atoms with E-state index in [1.54, 1.807) is 12.0 Å². The molecule has 1 unspecified atom stereocenters. The maximum Gasteiger partial charge on any atom is 0.231 e. The fourth-order valence-corrected chi connectivity index (χ4v) is 4.62. The zero-order valence-electron chi connectivity index (χ0n) is 18.2. The maximum absolute atomic E-state index is 13.3. The van der Waals surface area contributed by atoms with E-state index in [9.17, 15) is 9.59 Å². The molecular formula is C24H27N3O5. The Morgan fingerprint density at radius 3 is 2.56 bits per heavy atom. The van der Waals surface area contributed by atoms with Gasteiger partial charge in [-0.05, 0) is 42.8 Å². The zero-order valence-corrected chi connectivity index (χ0v) is 18.2. The van der Waals surface area contributed by atoms with Crippen molar-refractivity contribution in [2.45, 2.75) is 12.8 Å². The molecule has 0 spiro atoms. The lowest BCUT2D eigenvalue weighted by Crippen LogP contribution is -2.40. The first-order valence-corrected chi connectivity index (χ1v) is 11.0. The molecule has 0 radical (unpaired) electrons. The molecule has 2 aromatic rings. The van der Waals surface area contributed by atoms with Gasteiger partial charge < -0.3 is 28.9 Å². The van der Waals surface area contributed by atoms with Gasteiger partial charge in [-0.25, -0.2) is 0 Å². The van der Waals surface area contributed by atoms with Crippen LogP contribution in [-0.4, -0.2) is 63.3 Å². The highest BCUT2D eigenvalue weighted by atomic mass is 16.7. The minimum atomic E-state index is -0.319. The van der Waals surface area contributed by atoms with Crippen LogP contribution in [0.15, 0.2) is 42.5 Å². The normalized spacial score (nSPS) is 20.5. The van der Waals surface area contributed by atoms with E-state index in [2.05, 4.69) is 17.0 Å². The highest BCUT2D eigenvalue weighted by Gasteiger charge is 2.38. The van der Waals surface area contributed by atoms with E-state index in [1.165, 1.54) is 0 Å². The minimum Gasteiger partial charge on any atom is -0.497 e. The Balaban J connectivity index is 1.22. The largest absolute Gasteiger partial charge is 0.497 e. The van der Waals surface area contributed by atoms with Crippen molar-refractivity contribution in [1.82, 2.24) is 4.90 Å². The van der Waals surface area contributed by atoms with Crippen LogP contribution in [0.4, 0.5) is 11.4 Å². The summed E-state index contributed by atoms with van der Waals surface area (Å²) in [5.74, 6) is 1.86. The molecule has 2 saturated heterocycles. The van der Waals surface area contributed by atoms with Gasteiger partial charge in [0.2, 0.25) is 18.6 Å². The van der Waals surface area contributed by atoms with Crippen LogP contribution in [0.25, 0.3) is 0 Å². The van der Waals surface area contributed by atoms with Crippen LogP contribution < -0.4 is 24.0 Å². The number of amides is 2. The van der Waals surface area contributed by atoms with E-state index < -0.39 is 0 Å². The fraction of sp³-hybridized carbons (Fsp3) is 0.417. The molecule has 168 valence electrons. The van der Waals surface area contributed by atoms with Crippen molar-refractivity contribution in [1.29, 1.82) is 0 Å². The van der Waals surface area contributed by atoms with Crippen molar-refractivity contribution in [2.24, 2.45) is 5.92 Å². The average Bonchev–Trinajstić information content (AvgIpc) is 3.37. The monoisotopic (exact) mass is 437 g/mol. The van der Waals surface area contributed by atoms with Crippen LogP contribution in [-0.2, 0) is 9.59 Å². The summed E-state index contributed by atoms with van der Waals surface area (Å²) < 4.78 is 16.0. The summed E-state index contributed by atoms with van der Waals surface area (Å²) in [6.07, 6.45) is 1.14. The number of benzene rings is 2. The van der Waals surface area contributed by atoms with Gasteiger partial charge in [-0.3, -0.25) is 9.59 Å². The third-order valence-corrected chi connectivity index (χ3v) is 6.39. The minimum absolute atomic E-state index is 0.0307. The Morgan fingerprint density at radius 1 is 0.969 bits per heavy atom. The molecule has 32 heavy (non-hydrogen) atoms. The standard InChI is InChI=1S/C24H27N3O5/c1-30-20-6-3-18(4-7-20)25-9-2-10-26(12-11-25)24(29)17-13-23(28)27(15-17)19-5-8-21-22(14-19)32-16-31-21/h3-8,14,17H,2,9-13,15-16H2,1H3. The van der Waals surface area contributed by atoms with Crippen molar-refractivity contribution in [3.63, 3.8) is 0 Å². The number of fused-ring (bicyclic) bond motifs is 1. The third kappa shape index (κ3) is 3.92. The van der Waals surface area contributed by atoms with Gasteiger partial charge in [0, 0.05) is 56.6 Å². The second kappa shape index (κ2) is 8.61. The van der Waals surface area contributed by atoms with Crippen LogP contribution >= 0.6 is 0 Å². The van der Waals surface area contributed by atoms with Crippen LogP contribution in [0.5, 0.6) is 17.2 Å². The molecule has 0 aliphatic carbocycles. The average molecular weight is 437 g/mol. The van der Waals surface area contributed by atoms with Gasteiger partial charge >= 0.3 is 0 Å². The quantitative estimate of drug-likeness (QED) is 0.732. The summed E-state index contributed by atoms with van der Waals surface area (Å²) in [5, 5.41) is 0. The third-order valence-electron chi connectivity index (χ3n) is 6.39. The van der Waals surface area contributed by atoms with Crippen LogP contribution in [0.3, 0.4) is 0 Å². The molecule has 8 nitrogen and oxygen atoms in total. The van der Waals surface area contributed by atoms with Crippen molar-refractivity contribution in [3.8, 4) is 17.2 Å². The van der Waals surface area contributed by atoms with E-state index in [0.29, 0.717) is 31.1 Å². The molecule has 1 atom stereocenters. The first kappa shape index (κ1) is 20.5. The Kier molecular flexibility index (Phi) is 5.51. The first-order chi connectivity index (χ1) is 15.6. The predicted molar refractivity (Wildman–Crippen MR) is 119 cm³/mol. The van der Waals surface area contributed by atoms with Crippen molar-refractivity contribution >= 4 is 23.2 Å². The Morgan fingerprint density at radius 2 is 1.75 bits per heavy atom. The number of rotatable bonds is 4. The van der Waals surface area contributed by atoms with E-state index in [4.69, 9.17) is 14.2 Å². The molecule has 2 amide bonds. The Labute approximate surface area is 187 Å². The van der Waals surface area contributed by atoms with Gasteiger partial charge in [0.05, 0.1) is 13.0 Å². The van der Waals surface area contributed by atoms with Gasteiger partial charge in [-0.15, -0.1) is 0 Å². The molecule has 0 saturated carbocycles. The summed E-state index contributed by atoms with van der Waals surface area (Å²) in [4.78, 5) is 31.9. The molecule has 3 heterocycles. The number of methoxy groups -OCH3 is 1. The summed E-state index contributed by atoms with van der Waals surface area (Å²) >= 11 is 0. The first-order valence-electron chi connectivity index (χ1n) is 11.0. The highest BCUT2D eigenvalue weighted by molar-refractivity contribution is 6.00. The van der Waals surface area contributed by atoms with Gasteiger partial charge in [-0.1, -0.05) is 0 Å². The molecule has 3 aliphatic heterocycles. The van der Waals surface area contributed by atoms with Gasteiger partial charge in [0.15, 0.2) is 11.5 Å². The Bertz CT molecular complexity index is 1010. The van der Waals surface area contributed by atoms with E-state index in [1.807, 2.05) is 35.2 Å². The molecule has 0 aromatic heterocycles. The molecule has 0 N–H and O–H groups in total. The van der Waals surface area contributed by atoms with Crippen LogP contribution in [0, 0.1) is 5.92 Å². The lowest BCUT2D eigenvalue weighted by molar-refractivity contribution is -0.135. The van der Waals surface area contributed by atoms with Crippen molar-refractivity contribution in [2.75, 3.05) is 56.4 Å². The molecule has 8 heteroatoms. The molecule has 0 bridgehead atoms. The van der Waals surface area contributed by atoms with Crippen LogP contribution in [0.1, 0.15) is 12.8 Å². The van der Waals surface area contributed by atoms with Gasteiger partial charge in [-0.2, -0.15) is 0 Å². The molecular weight excluding hydrogens is 410 g/mol. The number of anilines is 2. The molecule has 2 aromatic carbocycles. The van der Waals surface area contributed by atoms with Gasteiger partial charge in [0.25, 0.3) is 0 Å². The number of hydrogen-bond donors (Lipinski definition) is 0. The van der Waals surface area contributed by atoms with Crippen molar-refractivity contribution in [3.05, 3.63) is 42.5 Å². The van der Waals surface area contributed by atoms with E-state index in [-0.39, 0.29) is 30.9 Å². The van der Waals surface area contributed by atoms with Crippen LogP contribution in [0.2, 0.25) is 0 Å². The van der Waals surface area contributed by atoms with Crippen molar-refractivity contribution < 1.29 is 23.8 Å². The maximum atomic E-state index is 13.3. The second-order valence-corrected chi connectivity index (χ2v) is 8.31.